The monoisotopic (exact) mass is 361 g/mol. The first-order chi connectivity index (χ1) is 11.6. The zero-order valence-corrected chi connectivity index (χ0v) is 13.7. The van der Waals surface area contributed by atoms with E-state index in [2.05, 4.69) is 16.0 Å². The van der Waals surface area contributed by atoms with Crippen molar-refractivity contribution in [3.8, 4) is 0 Å². The van der Waals surface area contributed by atoms with Crippen molar-refractivity contribution in [2.75, 3.05) is 13.2 Å². The minimum atomic E-state index is -1.35. The topological polar surface area (TPSA) is 214 Å². The van der Waals surface area contributed by atoms with Crippen LogP contribution < -0.4 is 27.4 Å². The number of aliphatic carboxylic acids is 1. The maximum atomic E-state index is 11.9. The normalized spacial score (nSPS) is 13.9. The summed E-state index contributed by atoms with van der Waals surface area (Å²) in [7, 11) is 0. The molecule has 0 aromatic carbocycles. The van der Waals surface area contributed by atoms with E-state index in [1.54, 1.807) is 0 Å². The number of carboxylic acid groups (broad SMARTS) is 1. The number of aliphatic hydroxyl groups is 1. The third-order valence-electron chi connectivity index (χ3n) is 3.02. The van der Waals surface area contributed by atoms with Gasteiger partial charge in [0.05, 0.1) is 13.2 Å². The molecule has 0 aromatic rings. The Kier molecular flexibility index (Phi) is 9.74. The molecule has 0 aliphatic carbocycles. The van der Waals surface area contributed by atoms with Crippen molar-refractivity contribution in [1.82, 2.24) is 16.0 Å². The highest BCUT2D eigenvalue weighted by Crippen LogP contribution is 1.98. The minimum absolute atomic E-state index is 0.188. The molecule has 0 radical (unpaired) electrons. The Morgan fingerprint density at radius 2 is 1.68 bits per heavy atom. The van der Waals surface area contributed by atoms with Crippen molar-refractivity contribution in [3.63, 3.8) is 0 Å². The minimum Gasteiger partial charge on any atom is -0.480 e. The van der Waals surface area contributed by atoms with Crippen LogP contribution in [0.1, 0.15) is 19.8 Å². The van der Waals surface area contributed by atoms with Crippen molar-refractivity contribution in [1.29, 1.82) is 0 Å². The van der Waals surface area contributed by atoms with Crippen molar-refractivity contribution in [2.24, 2.45) is 11.5 Å². The summed E-state index contributed by atoms with van der Waals surface area (Å²) in [6, 6.07) is -3.59. The molecule has 0 rings (SSSR count). The molecule has 0 aliphatic rings. The molecule has 0 saturated carbocycles. The number of rotatable bonds is 11. The maximum absolute atomic E-state index is 11.9. The van der Waals surface area contributed by atoms with Crippen LogP contribution in [0.2, 0.25) is 0 Å². The molecule has 25 heavy (non-hydrogen) atoms. The van der Waals surface area contributed by atoms with Gasteiger partial charge in [-0.2, -0.15) is 0 Å². The summed E-state index contributed by atoms with van der Waals surface area (Å²) in [6.07, 6.45) is -0.415. The lowest BCUT2D eigenvalue weighted by molar-refractivity contribution is -0.142. The summed E-state index contributed by atoms with van der Waals surface area (Å²) in [4.78, 5) is 56.5. The van der Waals surface area contributed by atoms with Gasteiger partial charge in [-0.25, -0.2) is 4.79 Å². The van der Waals surface area contributed by atoms with Crippen LogP contribution in [0.4, 0.5) is 0 Å². The molecule has 0 aromatic heterocycles. The van der Waals surface area contributed by atoms with Gasteiger partial charge in [-0.3, -0.25) is 19.2 Å². The fraction of sp³-hybridized carbons (Fsp3) is 0.615. The number of carbonyl (C=O) groups excluding carboxylic acids is 4. The second-order valence-electron chi connectivity index (χ2n) is 5.20. The van der Waals surface area contributed by atoms with Gasteiger partial charge in [0.15, 0.2) is 0 Å². The number of carboxylic acids is 1. The van der Waals surface area contributed by atoms with Crippen molar-refractivity contribution >= 4 is 29.6 Å². The van der Waals surface area contributed by atoms with Crippen LogP contribution >= 0.6 is 0 Å². The third kappa shape index (κ3) is 9.22. The molecule has 12 nitrogen and oxygen atoms in total. The Balaban J connectivity index is 4.43. The molecule has 0 aliphatic heterocycles. The average Bonchev–Trinajstić information content (AvgIpc) is 2.54. The summed E-state index contributed by atoms with van der Waals surface area (Å²) >= 11 is 0. The zero-order chi connectivity index (χ0) is 19.6. The van der Waals surface area contributed by atoms with Crippen LogP contribution in [-0.4, -0.2) is 71.1 Å². The van der Waals surface area contributed by atoms with E-state index < -0.39 is 60.9 Å². The van der Waals surface area contributed by atoms with Gasteiger partial charge in [-0.1, -0.05) is 0 Å². The number of aliphatic hydroxyl groups excluding tert-OH is 1. The first-order valence-electron chi connectivity index (χ1n) is 7.33. The number of hydrogen-bond donors (Lipinski definition) is 7. The SMILES string of the molecule is CC(NC(=O)CNC(=O)C(N)CO)C(=O)NC(CCC(N)=O)C(=O)O. The molecular weight excluding hydrogens is 338 g/mol. The number of hydrogen-bond acceptors (Lipinski definition) is 7. The van der Waals surface area contributed by atoms with Gasteiger partial charge in [-0.15, -0.1) is 0 Å². The van der Waals surface area contributed by atoms with E-state index in [0.29, 0.717) is 0 Å². The van der Waals surface area contributed by atoms with E-state index in [1.807, 2.05) is 0 Å². The van der Waals surface area contributed by atoms with Gasteiger partial charge in [0, 0.05) is 6.42 Å². The maximum Gasteiger partial charge on any atom is 0.326 e. The van der Waals surface area contributed by atoms with Crippen LogP contribution in [-0.2, 0) is 24.0 Å². The lowest BCUT2D eigenvalue weighted by atomic mass is 10.1. The van der Waals surface area contributed by atoms with Crippen LogP contribution in [0.25, 0.3) is 0 Å². The lowest BCUT2D eigenvalue weighted by Crippen LogP contribution is -2.53. The standard InChI is InChI=1S/C13H23N5O7/c1-6(17-10(21)4-16-12(23)7(14)5-19)11(22)18-8(13(24)25)2-3-9(15)20/h6-8,19H,2-5,14H2,1H3,(H2,15,20)(H,16,23)(H,17,21)(H,18,22)(H,24,25). The molecule has 0 fully saturated rings. The molecule has 9 N–H and O–H groups in total. The van der Waals surface area contributed by atoms with Crippen LogP contribution in [0.3, 0.4) is 0 Å². The number of nitrogens with one attached hydrogen (secondary N) is 3. The Hall–Kier alpha value is -2.73. The predicted molar refractivity (Wildman–Crippen MR) is 83.7 cm³/mol. The van der Waals surface area contributed by atoms with Gasteiger partial charge in [-0.05, 0) is 13.3 Å². The van der Waals surface area contributed by atoms with E-state index in [-0.39, 0.29) is 12.8 Å². The Morgan fingerprint density at radius 1 is 1.08 bits per heavy atom. The molecular formula is C13H23N5O7. The number of carbonyl (C=O) groups is 5. The number of nitrogens with two attached hydrogens (primary N) is 2. The van der Waals surface area contributed by atoms with Crippen molar-refractivity contribution in [3.05, 3.63) is 0 Å². The first kappa shape index (κ1) is 22.3. The summed E-state index contributed by atoms with van der Waals surface area (Å²) in [5, 5.41) is 24.2. The first-order valence-corrected chi connectivity index (χ1v) is 7.33. The molecule has 3 atom stereocenters. The van der Waals surface area contributed by atoms with Crippen LogP contribution in [0, 0.1) is 0 Å². The van der Waals surface area contributed by atoms with Crippen molar-refractivity contribution in [2.45, 2.75) is 37.9 Å². The highest BCUT2D eigenvalue weighted by atomic mass is 16.4. The summed E-state index contributed by atoms with van der Waals surface area (Å²) in [6.45, 7) is 0.240. The van der Waals surface area contributed by atoms with Crippen molar-refractivity contribution < 1.29 is 34.2 Å². The van der Waals surface area contributed by atoms with Gasteiger partial charge < -0.3 is 37.6 Å². The van der Waals surface area contributed by atoms with Gasteiger partial charge in [0.1, 0.15) is 18.1 Å². The Morgan fingerprint density at radius 3 is 2.16 bits per heavy atom. The predicted octanol–water partition coefficient (Wildman–Crippen LogP) is -4.24. The molecule has 12 heteroatoms. The van der Waals surface area contributed by atoms with E-state index in [0.717, 1.165) is 0 Å². The highest BCUT2D eigenvalue weighted by molar-refractivity contribution is 5.92. The quantitative estimate of drug-likeness (QED) is 0.191. The fourth-order valence-electron chi connectivity index (χ4n) is 1.58. The second-order valence-corrected chi connectivity index (χ2v) is 5.20. The number of amides is 4. The zero-order valence-electron chi connectivity index (χ0n) is 13.7. The molecule has 3 unspecified atom stereocenters. The van der Waals surface area contributed by atoms with Crippen LogP contribution in [0.15, 0.2) is 0 Å². The van der Waals surface area contributed by atoms with Crippen LogP contribution in [0.5, 0.6) is 0 Å². The highest BCUT2D eigenvalue weighted by Gasteiger charge is 2.24. The van der Waals surface area contributed by atoms with E-state index >= 15 is 0 Å². The molecule has 0 spiro atoms. The summed E-state index contributed by atoms with van der Waals surface area (Å²) < 4.78 is 0. The summed E-state index contributed by atoms with van der Waals surface area (Å²) in [5.74, 6) is -4.31. The number of primary amides is 1. The third-order valence-corrected chi connectivity index (χ3v) is 3.02. The lowest BCUT2D eigenvalue weighted by Gasteiger charge is -2.18. The molecule has 4 amide bonds. The van der Waals surface area contributed by atoms with E-state index in [1.165, 1.54) is 6.92 Å². The molecule has 142 valence electrons. The molecule has 0 bridgehead atoms. The smallest absolute Gasteiger partial charge is 0.326 e. The largest absolute Gasteiger partial charge is 0.480 e. The average molecular weight is 361 g/mol. The Labute approximate surface area is 143 Å². The second kappa shape index (κ2) is 10.9. The summed E-state index contributed by atoms with van der Waals surface area (Å²) in [5.41, 5.74) is 10.2. The molecule has 0 heterocycles. The fourth-order valence-corrected chi connectivity index (χ4v) is 1.58. The van der Waals surface area contributed by atoms with E-state index in [9.17, 15) is 24.0 Å². The van der Waals surface area contributed by atoms with Gasteiger partial charge >= 0.3 is 5.97 Å². The van der Waals surface area contributed by atoms with Gasteiger partial charge in [0.2, 0.25) is 23.6 Å². The van der Waals surface area contributed by atoms with E-state index in [4.69, 9.17) is 21.7 Å². The van der Waals surface area contributed by atoms with Gasteiger partial charge in [0.25, 0.3) is 0 Å². The Bertz CT molecular complexity index is 525. The molecule has 0 saturated heterocycles.